The topological polar surface area (TPSA) is 35.1 Å². The molecule has 0 aliphatic heterocycles. The molecule has 0 spiro atoms. The van der Waals surface area contributed by atoms with E-state index in [1.165, 1.54) is 49.6 Å². The average molecular weight is 590 g/mol. The van der Waals surface area contributed by atoms with Gasteiger partial charge in [0.05, 0.1) is 21.8 Å². The van der Waals surface area contributed by atoms with Gasteiger partial charge in [-0.2, -0.15) is 0 Å². The molecule has 3 nitrogen and oxygen atoms in total. The van der Waals surface area contributed by atoms with E-state index in [4.69, 9.17) is 4.42 Å². The molecule has 0 atom stereocenters. The molecule has 1 aliphatic rings. The van der Waals surface area contributed by atoms with Gasteiger partial charge in [0.15, 0.2) is 0 Å². The fourth-order valence-electron chi connectivity index (χ4n) is 7.39. The van der Waals surface area contributed by atoms with Crippen LogP contribution in [0.1, 0.15) is 77.6 Å². The van der Waals surface area contributed by atoms with Crippen molar-refractivity contribution in [1.82, 2.24) is 4.57 Å². The fourth-order valence-corrected chi connectivity index (χ4v) is 7.39. The predicted octanol–water partition coefficient (Wildman–Crippen LogP) is 10.9. The standard InChI is InChI=1S/C42H39NO2/c1-40(2,3)24-13-17-35-30(19-24)31-20-25(41(4,5)6)14-18-36(31)43(35)26-15-16-27-29-22-32-38(23-34(29)42(7,8)33(27)21-26)45-37-12-10-9-11-28(37)39(32)44/h9-23H,1-8H3. The van der Waals surface area contributed by atoms with Gasteiger partial charge in [0.25, 0.3) is 0 Å². The number of benzene rings is 5. The van der Waals surface area contributed by atoms with Gasteiger partial charge in [-0.15, -0.1) is 0 Å². The quantitative estimate of drug-likeness (QED) is 0.179. The third-order valence-electron chi connectivity index (χ3n) is 10.1. The lowest BCUT2D eigenvalue weighted by Gasteiger charge is -2.22. The smallest absolute Gasteiger partial charge is 0.200 e. The van der Waals surface area contributed by atoms with Crippen LogP contribution in [0.2, 0.25) is 0 Å². The maximum absolute atomic E-state index is 13.5. The number of rotatable bonds is 1. The third kappa shape index (κ3) is 3.99. The average Bonchev–Trinajstić information content (AvgIpc) is 3.43. The molecule has 0 saturated carbocycles. The summed E-state index contributed by atoms with van der Waals surface area (Å²) in [5.74, 6) is 0. The van der Waals surface area contributed by atoms with Crippen molar-refractivity contribution in [3.63, 3.8) is 0 Å². The normalized spacial score (nSPS) is 14.5. The van der Waals surface area contributed by atoms with Crippen molar-refractivity contribution in [1.29, 1.82) is 0 Å². The number of para-hydroxylation sites is 1. The fraction of sp³-hybridized carbons (Fsp3) is 0.262. The monoisotopic (exact) mass is 589 g/mol. The molecular formula is C42H39NO2. The minimum Gasteiger partial charge on any atom is -0.456 e. The number of hydrogen-bond acceptors (Lipinski definition) is 2. The second kappa shape index (κ2) is 8.97. The van der Waals surface area contributed by atoms with Crippen LogP contribution in [0.15, 0.2) is 100 Å². The van der Waals surface area contributed by atoms with Crippen LogP contribution >= 0.6 is 0 Å². The van der Waals surface area contributed by atoms with Crippen molar-refractivity contribution < 1.29 is 4.42 Å². The van der Waals surface area contributed by atoms with E-state index in [0.29, 0.717) is 21.9 Å². The van der Waals surface area contributed by atoms with Crippen LogP contribution in [-0.2, 0) is 16.2 Å². The minimum atomic E-state index is -0.267. The molecule has 0 unspecified atom stereocenters. The number of hydrogen-bond donors (Lipinski definition) is 0. The van der Waals surface area contributed by atoms with Crippen LogP contribution in [0.4, 0.5) is 0 Å². The van der Waals surface area contributed by atoms with E-state index in [1.54, 1.807) is 0 Å². The highest BCUT2D eigenvalue weighted by Crippen LogP contribution is 2.51. The number of nitrogens with zero attached hydrogens (tertiary/aromatic N) is 1. The summed E-state index contributed by atoms with van der Waals surface area (Å²) in [7, 11) is 0. The first-order valence-corrected chi connectivity index (χ1v) is 16.0. The van der Waals surface area contributed by atoms with Gasteiger partial charge in [-0.3, -0.25) is 4.79 Å². The molecule has 7 aromatic rings. The molecule has 3 heteroatoms. The third-order valence-corrected chi connectivity index (χ3v) is 10.1. The van der Waals surface area contributed by atoms with E-state index < -0.39 is 0 Å². The summed E-state index contributed by atoms with van der Waals surface area (Å²) in [6, 6.07) is 32.5. The van der Waals surface area contributed by atoms with E-state index in [2.05, 4.69) is 127 Å². The van der Waals surface area contributed by atoms with E-state index >= 15 is 0 Å². The molecule has 0 bridgehead atoms. The Morgan fingerprint density at radius 2 is 1.18 bits per heavy atom. The summed E-state index contributed by atoms with van der Waals surface area (Å²) in [5.41, 5.74) is 12.1. The van der Waals surface area contributed by atoms with Gasteiger partial charge < -0.3 is 8.98 Å². The van der Waals surface area contributed by atoms with Gasteiger partial charge in [0.1, 0.15) is 11.2 Å². The lowest BCUT2D eigenvalue weighted by molar-refractivity contribution is 0.590. The SMILES string of the molecule is CC(C)(C)c1ccc2c(c1)c1cc(C(C)(C)C)ccc1n2-c1ccc2c(c1)C(C)(C)c1cc3oc4ccccc4c(=O)c3cc1-2. The van der Waals surface area contributed by atoms with Crippen LogP contribution in [0.25, 0.3) is 60.6 Å². The summed E-state index contributed by atoms with van der Waals surface area (Å²) >= 11 is 0. The van der Waals surface area contributed by atoms with Crippen molar-refractivity contribution >= 4 is 43.7 Å². The molecule has 0 amide bonds. The lowest BCUT2D eigenvalue weighted by Crippen LogP contribution is -2.15. The molecule has 5 aromatic carbocycles. The maximum Gasteiger partial charge on any atom is 0.200 e. The van der Waals surface area contributed by atoms with Crippen LogP contribution in [0, 0.1) is 0 Å². The molecular weight excluding hydrogens is 550 g/mol. The Balaban J connectivity index is 1.37. The minimum absolute atomic E-state index is 0.0204. The Bertz CT molecular complexity index is 2370. The summed E-state index contributed by atoms with van der Waals surface area (Å²) in [4.78, 5) is 13.5. The molecule has 8 rings (SSSR count). The molecule has 2 heterocycles. The van der Waals surface area contributed by atoms with E-state index in [-0.39, 0.29) is 21.7 Å². The van der Waals surface area contributed by atoms with Gasteiger partial charge in [-0.05, 0) is 105 Å². The van der Waals surface area contributed by atoms with E-state index in [9.17, 15) is 4.79 Å². The van der Waals surface area contributed by atoms with Crippen molar-refractivity contribution in [3.8, 4) is 16.8 Å². The first-order valence-electron chi connectivity index (χ1n) is 16.0. The lowest BCUT2D eigenvalue weighted by atomic mass is 9.82. The molecule has 224 valence electrons. The van der Waals surface area contributed by atoms with Crippen LogP contribution in [0.5, 0.6) is 0 Å². The maximum atomic E-state index is 13.5. The molecule has 1 aliphatic carbocycles. The highest BCUT2D eigenvalue weighted by Gasteiger charge is 2.37. The zero-order valence-electron chi connectivity index (χ0n) is 27.4. The van der Waals surface area contributed by atoms with Gasteiger partial charge in [0.2, 0.25) is 5.43 Å². The van der Waals surface area contributed by atoms with Crippen molar-refractivity contribution in [2.45, 2.75) is 71.6 Å². The highest BCUT2D eigenvalue weighted by atomic mass is 16.3. The van der Waals surface area contributed by atoms with Gasteiger partial charge in [-0.1, -0.05) is 85.7 Å². The molecule has 2 aromatic heterocycles. The Labute approximate surface area is 264 Å². The molecule has 0 N–H and O–H groups in total. The first-order chi connectivity index (χ1) is 21.2. The molecule has 45 heavy (non-hydrogen) atoms. The van der Waals surface area contributed by atoms with E-state index in [0.717, 1.165) is 11.3 Å². The Morgan fingerprint density at radius 3 is 1.80 bits per heavy atom. The van der Waals surface area contributed by atoms with Gasteiger partial charge in [-0.25, -0.2) is 0 Å². The molecule has 0 saturated heterocycles. The second-order valence-corrected chi connectivity index (χ2v) is 15.5. The van der Waals surface area contributed by atoms with Crippen molar-refractivity contribution in [2.24, 2.45) is 0 Å². The Morgan fingerprint density at radius 1 is 0.578 bits per heavy atom. The summed E-state index contributed by atoms with van der Waals surface area (Å²) in [5, 5.41) is 3.82. The van der Waals surface area contributed by atoms with E-state index in [1.807, 2.05) is 24.3 Å². The molecule has 0 radical (unpaired) electrons. The predicted molar refractivity (Wildman–Crippen MR) is 189 cm³/mol. The summed E-state index contributed by atoms with van der Waals surface area (Å²) in [6.45, 7) is 18.2. The molecule has 0 fully saturated rings. The highest BCUT2D eigenvalue weighted by molar-refractivity contribution is 6.10. The van der Waals surface area contributed by atoms with Gasteiger partial charge >= 0.3 is 0 Å². The van der Waals surface area contributed by atoms with Crippen molar-refractivity contribution in [2.75, 3.05) is 0 Å². The number of fused-ring (bicyclic) bond motifs is 8. The Hall–Kier alpha value is -4.63. The number of aromatic nitrogens is 1. The zero-order chi connectivity index (χ0) is 31.6. The van der Waals surface area contributed by atoms with Crippen LogP contribution < -0.4 is 5.43 Å². The summed E-state index contributed by atoms with van der Waals surface area (Å²) < 4.78 is 8.71. The largest absolute Gasteiger partial charge is 0.456 e. The second-order valence-electron chi connectivity index (χ2n) is 15.5. The van der Waals surface area contributed by atoms with Crippen LogP contribution in [0.3, 0.4) is 0 Å². The summed E-state index contributed by atoms with van der Waals surface area (Å²) in [6.07, 6.45) is 0. The van der Waals surface area contributed by atoms with Crippen LogP contribution in [-0.4, -0.2) is 4.57 Å². The zero-order valence-corrected chi connectivity index (χ0v) is 27.4. The van der Waals surface area contributed by atoms with Crippen molar-refractivity contribution in [3.05, 3.63) is 123 Å². The Kier molecular flexibility index (Phi) is 5.56. The first kappa shape index (κ1) is 27.9. The van der Waals surface area contributed by atoms with Gasteiger partial charge in [0, 0.05) is 21.9 Å².